The standard InChI is InChI=1S/C7H12N2O2/c1-3-6(4-8)9-7(11)5(2)10/h5-6,10H,3H2,1-2H3,(H,9,11)/t5?,6-/m1/s1. The molecule has 0 bridgehead atoms. The van der Waals surface area contributed by atoms with Crippen molar-refractivity contribution in [2.45, 2.75) is 32.4 Å². The Hall–Kier alpha value is -1.08. The topological polar surface area (TPSA) is 73.1 Å². The van der Waals surface area contributed by atoms with Gasteiger partial charge in [-0.05, 0) is 13.3 Å². The summed E-state index contributed by atoms with van der Waals surface area (Å²) in [4.78, 5) is 10.8. The van der Waals surface area contributed by atoms with E-state index in [1.165, 1.54) is 6.92 Å². The number of hydrogen-bond donors (Lipinski definition) is 2. The molecule has 0 rings (SSSR count). The van der Waals surface area contributed by atoms with Crippen LogP contribution in [0.5, 0.6) is 0 Å². The van der Waals surface area contributed by atoms with E-state index in [-0.39, 0.29) is 0 Å². The summed E-state index contributed by atoms with van der Waals surface area (Å²) in [7, 11) is 0. The minimum atomic E-state index is -1.04. The van der Waals surface area contributed by atoms with Crippen molar-refractivity contribution in [3.63, 3.8) is 0 Å². The Bertz CT molecular complexity index is 172. The number of rotatable bonds is 3. The maximum Gasteiger partial charge on any atom is 0.249 e. The van der Waals surface area contributed by atoms with E-state index in [9.17, 15) is 4.79 Å². The van der Waals surface area contributed by atoms with E-state index in [1.54, 1.807) is 6.92 Å². The Morgan fingerprint density at radius 2 is 2.36 bits per heavy atom. The van der Waals surface area contributed by atoms with Crippen molar-refractivity contribution in [1.29, 1.82) is 5.26 Å². The number of hydrogen-bond acceptors (Lipinski definition) is 3. The van der Waals surface area contributed by atoms with Gasteiger partial charge in [0.05, 0.1) is 6.07 Å². The summed E-state index contributed by atoms with van der Waals surface area (Å²) in [5, 5.41) is 19.5. The highest BCUT2D eigenvalue weighted by molar-refractivity contribution is 5.80. The van der Waals surface area contributed by atoms with Crippen molar-refractivity contribution >= 4 is 5.91 Å². The van der Waals surface area contributed by atoms with Crippen molar-refractivity contribution in [3.05, 3.63) is 0 Å². The zero-order chi connectivity index (χ0) is 8.85. The number of carbonyl (C=O) groups is 1. The van der Waals surface area contributed by atoms with Crippen LogP contribution in [0, 0.1) is 11.3 Å². The molecule has 11 heavy (non-hydrogen) atoms. The van der Waals surface area contributed by atoms with Crippen molar-refractivity contribution in [3.8, 4) is 6.07 Å². The summed E-state index contributed by atoms with van der Waals surface area (Å²) >= 11 is 0. The summed E-state index contributed by atoms with van der Waals surface area (Å²) in [6.07, 6.45) is -0.494. The fourth-order valence-corrected chi connectivity index (χ4v) is 0.518. The van der Waals surface area contributed by atoms with Crippen molar-refractivity contribution in [2.75, 3.05) is 0 Å². The third kappa shape index (κ3) is 3.58. The molecule has 0 saturated heterocycles. The number of carbonyl (C=O) groups excluding carboxylic acids is 1. The van der Waals surface area contributed by atoms with Gasteiger partial charge in [0, 0.05) is 0 Å². The van der Waals surface area contributed by atoms with Gasteiger partial charge >= 0.3 is 0 Å². The molecule has 1 amide bonds. The van der Waals surface area contributed by atoms with Crippen LogP contribution < -0.4 is 5.32 Å². The summed E-state index contributed by atoms with van der Waals surface area (Å²) in [6, 6.07) is 1.41. The highest BCUT2D eigenvalue weighted by atomic mass is 16.3. The minimum absolute atomic E-state index is 0.489. The van der Waals surface area contributed by atoms with Gasteiger partial charge in [-0.15, -0.1) is 0 Å². The fraction of sp³-hybridized carbons (Fsp3) is 0.714. The predicted octanol–water partition coefficient (Wildman–Crippen LogP) is -0.214. The van der Waals surface area contributed by atoms with Crippen LogP contribution in [0.1, 0.15) is 20.3 Å². The van der Waals surface area contributed by atoms with Crippen LogP contribution in [0.3, 0.4) is 0 Å². The van der Waals surface area contributed by atoms with E-state index < -0.39 is 18.1 Å². The molecular formula is C7H12N2O2. The molecule has 2 atom stereocenters. The largest absolute Gasteiger partial charge is 0.384 e. The number of aliphatic hydroxyl groups excluding tert-OH is 1. The molecule has 0 fully saturated rings. The average molecular weight is 156 g/mol. The van der Waals surface area contributed by atoms with Gasteiger partial charge in [0.1, 0.15) is 12.1 Å². The Morgan fingerprint density at radius 1 is 1.82 bits per heavy atom. The number of nitrogens with zero attached hydrogens (tertiary/aromatic N) is 1. The molecule has 0 aliphatic heterocycles. The van der Waals surface area contributed by atoms with Gasteiger partial charge in [0.25, 0.3) is 0 Å². The second kappa shape index (κ2) is 4.69. The first-order valence-electron chi connectivity index (χ1n) is 3.49. The minimum Gasteiger partial charge on any atom is -0.384 e. The number of nitriles is 1. The molecule has 4 heteroatoms. The lowest BCUT2D eigenvalue weighted by Crippen LogP contribution is -2.39. The first kappa shape index (κ1) is 9.92. The zero-order valence-electron chi connectivity index (χ0n) is 6.66. The summed E-state index contributed by atoms with van der Waals surface area (Å²) < 4.78 is 0. The maximum atomic E-state index is 10.8. The third-order valence-electron chi connectivity index (χ3n) is 1.26. The van der Waals surface area contributed by atoms with E-state index in [4.69, 9.17) is 10.4 Å². The van der Waals surface area contributed by atoms with Gasteiger partial charge in [0.15, 0.2) is 0 Å². The normalized spacial score (nSPS) is 14.7. The van der Waals surface area contributed by atoms with Crippen LogP contribution >= 0.6 is 0 Å². The molecule has 0 saturated carbocycles. The van der Waals surface area contributed by atoms with Crippen LogP contribution in [-0.4, -0.2) is 23.2 Å². The van der Waals surface area contributed by atoms with E-state index in [2.05, 4.69) is 5.32 Å². The molecule has 0 aliphatic rings. The van der Waals surface area contributed by atoms with Gasteiger partial charge in [-0.25, -0.2) is 0 Å². The van der Waals surface area contributed by atoms with Crippen molar-refractivity contribution in [2.24, 2.45) is 0 Å². The molecule has 2 N–H and O–H groups in total. The average Bonchev–Trinajstić information content (AvgIpc) is 1.99. The Kier molecular flexibility index (Phi) is 4.23. The Morgan fingerprint density at radius 3 is 2.64 bits per heavy atom. The first-order valence-corrected chi connectivity index (χ1v) is 3.49. The molecule has 0 aromatic heterocycles. The maximum absolute atomic E-state index is 10.8. The highest BCUT2D eigenvalue weighted by Crippen LogP contribution is 1.89. The van der Waals surface area contributed by atoms with Crippen LogP contribution in [-0.2, 0) is 4.79 Å². The number of aliphatic hydroxyl groups is 1. The highest BCUT2D eigenvalue weighted by Gasteiger charge is 2.12. The molecule has 62 valence electrons. The molecule has 0 heterocycles. The van der Waals surface area contributed by atoms with Crippen LogP contribution in [0.25, 0.3) is 0 Å². The molecule has 0 spiro atoms. The monoisotopic (exact) mass is 156 g/mol. The smallest absolute Gasteiger partial charge is 0.249 e. The van der Waals surface area contributed by atoms with E-state index in [0.29, 0.717) is 6.42 Å². The fourth-order valence-electron chi connectivity index (χ4n) is 0.518. The molecule has 0 aromatic rings. The van der Waals surface area contributed by atoms with Crippen LogP contribution in [0.15, 0.2) is 0 Å². The lowest BCUT2D eigenvalue weighted by atomic mass is 10.2. The van der Waals surface area contributed by atoms with Crippen LogP contribution in [0.2, 0.25) is 0 Å². The summed E-state index contributed by atoms with van der Waals surface area (Å²) in [5.41, 5.74) is 0. The zero-order valence-corrected chi connectivity index (χ0v) is 6.66. The van der Waals surface area contributed by atoms with Gasteiger partial charge in [0.2, 0.25) is 5.91 Å². The van der Waals surface area contributed by atoms with Crippen molar-refractivity contribution in [1.82, 2.24) is 5.32 Å². The summed E-state index contributed by atoms with van der Waals surface area (Å²) in [5.74, 6) is -0.501. The van der Waals surface area contributed by atoms with Gasteiger partial charge in [-0.3, -0.25) is 4.79 Å². The Labute approximate surface area is 65.8 Å². The molecule has 0 radical (unpaired) electrons. The van der Waals surface area contributed by atoms with E-state index in [0.717, 1.165) is 0 Å². The quantitative estimate of drug-likeness (QED) is 0.593. The lowest BCUT2D eigenvalue weighted by molar-refractivity contribution is -0.128. The molecule has 4 nitrogen and oxygen atoms in total. The van der Waals surface area contributed by atoms with E-state index in [1.807, 2.05) is 6.07 Å². The Balaban J connectivity index is 3.84. The van der Waals surface area contributed by atoms with Crippen molar-refractivity contribution < 1.29 is 9.90 Å². The number of amides is 1. The predicted molar refractivity (Wildman–Crippen MR) is 39.5 cm³/mol. The summed E-state index contributed by atoms with van der Waals surface area (Å²) in [6.45, 7) is 3.15. The van der Waals surface area contributed by atoms with Gasteiger partial charge in [-0.2, -0.15) is 5.26 Å². The van der Waals surface area contributed by atoms with E-state index >= 15 is 0 Å². The molecular weight excluding hydrogens is 144 g/mol. The molecule has 1 unspecified atom stereocenters. The van der Waals surface area contributed by atoms with Crippen LogP contribution in [0.4, 0.5) is 0 Å². The molecule has 0 aromatic carbocycles. The molecule has 0 aliphatic carbocycles. The number of nitrogens with one attached hydrogen (secondary N) is 1. The van der Waals surface area contributed by atoms with Gasteiger partial charge < -0.3 is 10.4 Å². The SMILES string of the molecule is CC[C@H](C#N)NC(=O)C(C)O. The second-order valence-electron chi connectivity index (χ2n) is 2.27. The lowest BCUT2D eigenvalue weighted by Gasteiger charge is -2.09. The second-order valence-corrected chi connectivity index (χ2v) is 2.27. The third-order valence-corrected chi connectivity index (χ3v) is 1.26. The van der Waals surface area contributed by atoms with Gasteiger partial charge in [-0.1, -0.05) is 6.92 Å². The first-order chi connectivity index (χ1) is 5.11.